The van der Waals surface area contributed by atoms with E-state index in [1.54, 1.807) is 17.0 Å². The van der Waals surface area contributed by atoms with Crippen molar-refractivity contribution in [3.8, 4) is 11.5 Å². The Morgan fingerprint density at radius 2 is 1.80 bits per heavy atom. The molecular formula is C19H18N2O4. The second kappa shape index (κ2) is 6.47. The smallest absolute Gasteiger partial charge is 0.229 e. The molecule has 2 aromatic rings. The highest BCUT2D eigenvalue weighted by Gasteiger charge is 2.35. The van der Waals surface area contributed by atoms with E-state index < -0.39 is 0 Å². The topological polar surface area (TPSA) is 67.9 Å². The fourth-order valence-electron chi connectivity index (χ4n) is 3.10. The zero-order valence-electron chi connectivity index (χ0n) is 13.6. The molecule has 0 radical (unpaired) electrons. The lowest BCUT2D eigenvalue weighted by Gasteiger charge is -2.22. The Bertz CT molecular complexity index is 806. The van der Waals surface area contributed by atoms with E-state index in [2.05, 4.69) is 5.32 Å². The number of para-hydroxylation sites is 1. The van der Waals surface area contributed by atoms with E-state index in [0.29, 0.717) is 31.3 Å². The Morgan fingerprint density at radius 1 is 1.04 bits per heavy atom. The number of carbonyl (C=O) groups is 2. The van der Waals surface area contributed by atoms with Gasteiger partial charge in [-0.25, -0.2) is 0 Å². The number of benzene rings is 2. The van der Waals surface area contributed by atoms with Gasteiger partial charge >= 0.3 is 0 Å². The minimum atomic E-state index is -0.374. The first-order valence-electron chi connectivity index (χ1n) is 8.26. The van der Waals surface area contributed by atoms with Crippen LogP contribution in [0.15, 0.2) is 48.5 Å². The number of anilines is 2. The molecule has 2 aliphatic rings. The second-order valence-electron chi connectivity index (χ2n) is 6.09. The van der Waals surface area contributed by atoms with Crippen molar-refractivity contribution in [3.63, 3.8) is 0 Å². The van der Waals surface area contributed by atoms with Crippen LogP contribution in [0.4, 0.5) is 11.4 Å². The summed E-state index contributed by atoms with van der Waals surface area (Å²) in [7, 11) is 0. The summed E-state index contributed by atoms with van der Waals surface area (Å²) in [4.78, 5) is 26.5. The minimum Gasteiger partial charge on any atom is -0.486 e. The van der Waals surface area contributed by atoms with Gasteiger partial charge < -0.3 is 19.7 Å². The first-order chi connectivity index (χ1) is 12.2. The van der Waals surface area contributed by atoms with E-state index in [-0.39, 0.29) is 24.2 Å². The van der Waals surface area contributed by atoms with Crippen molar-refractivity contribution in [2.75, 3.05) is 30.0 Å². The lowest BCUT2D eigenvalue weighted by Crippen LogP contribution is -2.28. The van der Waals surface area contributed by atoms with Crippen LogP contribution in [0.1, 0.15) is 6.42 Å². The number of fused-ring (bicyclic) bond motifs is 1. The Hall–Kier alpha value is -3.02. The summed E-state index contributed by atoms with van der Waals surface area (Å²) in [6, 6.07) is 14.7. The van der Waals surface area contributed by atoms with Crippen molar-refractivity contribution in [3.05, 3.63) is 48.5 Å². The van der Waals surface area contributed by atoms with Crippen molar-refractivity contribution in [2.24, 2.45) is 5.92 Å². The maximum atomic E-state index is 12.4. The molecule has 2 heterocycles. The highest BCUT2D eigenvalue weighted by Crippen LogP contribution is 2.36. The molecule has 0 aromatic heterocycles. The van der Waals surface area contributed by atoms with Gasteiger partial charge in [0, 0.05) is 30.4 Å². The molecule has 6 heteroatoms. The molecule has 0 unspecified atom stereocenters. The molecule has 0 bridgehead atoms. The van der Waals surface area contributed by atoms with Gasteiger partial charge in [0.05, 0.1) is 5.92 Å². The van der Waals surface area contributed by atoms with E-state index in [1.807, 2.05) is 36.4 Å². The van der Waals surface area contributed by atoms with Gasteiger partial charge in [-0.2, -0.15) is 0 Å². The number of hydrogen-bond donors (Lipinski definition) is 1. The molecule has 1 saturated heterocycles. The minimum absolute atomic E-state index is 0.0649. The number of nitrogens with one attached hydrogen (secondary N) is 1. The van der Waals surface area contributed by atoms with Crippen molar-refractivity contribution < 1.29 is 19.1 Å². The molecule has 6 nitrogen and oxygen atoms in total. The van der Waals surface area contributed by atoms with Crippen LogP contribution >= 0.6 is 0 Å². The quantitative estimate of drug-likeness (QED) is 0.933. The molecule has 2 amide bonds. The molecule has 1 fully saturated rings. The van der Waals surface area contributed by atoms with Crippen LogP contribution in [-0.4, -0.2) is 31.6 Å². The summed E-state index contributed by atoms with van der Waals surface area (Å²) in [5, 5.41) is 2.86. The summed E-state index contributed by atoms with van der Waals surface area (Å²) in [6.45, 7) is 1.38. The lowest BCUT2D eigenvalue weighted by atomic mass is 10.1. The number of nitrogens with zero attached hydrogens (tertiary/aromatic N) is 1. The van der Waals surface area contributed by atoms with Crippen LogP contribution in [0.2, 0.25) is 0 Å². The van der Waals surface area contributed by atoms with Crippen molar-refractivity contribution in [2.45, 2.75) is 6.42 Å². The van der Waals surface area contributed by atoms with E-state index >= 15 is 0 Å². The highest BCUT2D eigenvalue weighted by molar-refractivity contribution is 6.03. The van der Waals surface area contributed by atoms with Crippen LogP contribution in [0.3, 0.4) is 0 Å². The molecule has 2 aliphatic heterocycles. The van der Waals surface area contributed by atoms with Crippen molar-refractivity contribution in [1.29, 1.82) is 0 Å². The summed E-state index contributed by atoms with van der Waals surface area (Å²) < 4.78 is 11.1. The van der Waals surface area contributed by atoms with Gasteiger partial charge in [0.25, 0.3) is 0 Å². The molecule has 1 N–H and O–H groups in total. The molecule has 25 heavy (non-hydrogen) atoms. The molecule has 0 aliphatic carbocycles. The summed E-state index contributed by atoms with van der Waals surface area (Å²) in [5.41, 5.74) is 1.46. The normalized spacial score (nSPS) is 19.0. The predicted octanol–water partition coefficient (Wildman–Crippen LogP) is 2.45. The fraction of sp³-hybridized carbons (Fsp3) is 0.263. The summed E-state index contributed by atoms with van der Waals surface area (Å²) in [5.74, 6) is 0.735. The van der Waals surface area contributed by atoms with Gasteiger partial charge in [-0.15, -0.1) is 0 Å². The molecule has 0 spiro atoms. The first-order valence-corrected chi connectivity index (χ1v) is 8.26. The maximum absolute atomic E-state index is 12.4. The van der Waals surface area contributed by atoms with E-state index in [9.17, 15) is 9.59 Å². The molecule has 128 valence electrons. The average Bonchev–Trinajstić information content (AvgIpc) is 3.04. The van der Waals surface area contributed by atoms with Gasteiger partial charge in [-0.05, 0) is 24.3 Å². The van der Waals surface area contributed by atoms with Gasteiger partial charge in [0.2, 0.25) is 11.8 Å². The number of amides is 2. The zero-order chi connectivity index (χ0) is 17.2. The average molecular weight is 338 g/mol. The SMILES string of the molecule is O=C(Nc1ccccc1)[C@@H]1CC(=O)N(c2ccc3c(c2)OCCO3)C1. The monoisotopic (exact) mass is 338 g/mol. The third-order valence-corrected chi connectivity index (χ3v) is 4.37. The molecule has 2 aromatic carbocycles. The fourth-order valence-corrected chi connectivity index (χ4v) is 3.10. The summed E-state index contributed by atoms with van der Waals surface area (Å²) >= 11 is 0. The second-order valence-corrected chi connectivity index (χ2v) is 6.09. The third-order valence-electron chi connectivity index (χ3n) is 4.37. The van der Waals surface area contributed by atoms with E-state index in [1.165, 1.54) is 0 Å². The van der Waals surface area contributed by atoms with Gasteiger partial charge in [-0.3, -0.25) is 9.59 Å². The molecule has 1 atom stereocenters. The molecule has 4 rings (SSSR count). The van der Waals surface area contributed by atoms with Crippen molar-refractivity contribution >= 4 is 23.2 Å². The molecule has 0 saturated carbocycles. The number of ether oxygens (including phenoxy) is 2. The van der Waals surface area contributed by atoms with Crippen molar-refractivity contribution in [1.82, 2.24) is 0 Å². The Labute approximate surface area is 145 Å². The van der Waals surface area contributed by atoms with Crippen LogP contribution in [0.25, 0.3) is 0 Å². The summed E-state index contributed by atoms with van der Waals surface area (Å²) in [6.07, 6.45) is 0.201. The Kier molecular flexibility index (Phi) is 4.01. The third kappa shape index (κ3) is 3.15. The van der Waals surface area contributed by atoms with Gasteiger partial charge in [0.15, 0.2) is 11.5 Å². The van der Waals surface area contributed by atoms with E-state index in [4.69, 9.17) is 9.47 Å². The standard InChI is InChI=1S/C19H18N2O4/c22-18-10-13(19(23)20-14-4-2-1-3-5-14)12-21(18)15-6-7-16-17(11-15)25-9-8-24-16/h1-7,11,13H,8-10,12H2,(H,20,23)/t13-/m1/s1. The number of carbonyl (C=O) groups excluding carboxylic acids is 2. The first kappa shape index (κ1) is 15.5. The number of hydrogen-bond acceptors (Lipinski definition) is 4. The van der Waals surface area contributed by atoms with Crippen LogP contribution in [0.5, 0.6) is 11.5 Å². The Morgan fingerprint density at radius 3 is 2.60 bits per heavy atom. The van der Waals surface area contributed by atoms with Crippen LogP contribution in [-0.2, 0) is 9.59 Å². The Balaban J connectivity index is 1.48. The predicted molar refractivity (Wildman–Crippen MR) is 93.0 cm³/mol. The maximum Gasteiger partial charge on any atom is 0.229 e. The zero-order valence-corrected chi connectivity index (χ0v) is 13.6. The lowest BCUT2D eigenvalue weighted by molar-refractivity contribution is -0.122. The largest absolute Gasteiger partial charge is 0.486 e. The van der Waals surface area contributed by atoms with Crippen LogP contribution < -0.4 is 19.7 Å². The van der Waals surface area contributed by atoms with E-state index in [0.717, 1.165) is 11.4 Å². The van der Waals surface area contributed by atoms with Gasteiger partial charge in [-0.1, -0.05) is 18.2 Å². The van der Waals surface area contributed by atoms with Gasteiger partial charge in [0.1, 0.15) is 13.2 Å². The molecular weight excluding hydrogens is 320 g/mol. The highest BCUT2D eigenvalue weighted by atomic mass is 16.6. The van der Waals surface area contributed by atoms with Crippen LogP contribution in [0, 0.1) is 5.92 Å². The number of rotatable bonds is 3.